The fourth-order valence-electron chi connectivity index (χ4n) is 5.86. The molecule has 0 aromatic heterocycles. The summed E-state index contributed by atoms with van der Waals surface area (Å²) in [5.74, 6) is -0.880. The molecule has 4 atom stereocenters. The molecule has 2 amide bonds. The Bertz CT molecular complexity index is 1210. The second-order valence-electron chi connectivity index (χ2n) is 8.85. The van der Waals surface area contributed by atoms with E-state index in [-0.39, 0.29) is 35.5 Å². The summed E-state index contributed by atoms with van der Waals surface area (Å²) in [7, 11) is 0. The number of para-hydroxylation sites is 1. The summed E-state index contributed by atoms with van der Waals surface area (Å²) in [6, 6.07) is 28.3. The molecule has 0 N–H and O–H groups in total. The fraction of sp³-hybridized carbons (Fsp3) is 0.172. The number of carbonyl (C=O) groups excluding carboxylic acids is 2. The van der Waals surface area contributed by atoms with Gasteiger partial charge in [-0.05, 0) is 40.8 Å². The number of imide groups is 1. The van der Waals surface area contributed by atoms with Gasteiger partial charge in [0.1, 0.15) is 0 Å². The molecule has 0 spiro atoms. The molecule has 1 saturated carbocycles. The van der Waals surface area contributed by atoms with Crippen LogP contribution in [-0.4, -0.2) is 11.8 Å². The molecule has 4 unspecified atom stereocenters. The summed E-state index contributed by atoms with van der Waals surface area (Å²) in [5, 5.41) is 0. The van der Waals surface area contributed by atoms with Gasteiger partial charge in [0.2, 0.25) is 11.8 Å². The molecule has 2 bridgehead atoms. The molecule has 2 fully saturated rings. The van der Waals surface area contributed by atoms with Crippen LogP contribution < -0.4 is 4.90 Å². The zero-order chi connectivity index (χ0) is 21.8. The number of amides is 2. The van der Waals surface area contributed by atoms with Gasteiger partial charge < -0.3 is 0 Å². The van der Waals surface area contributed by atoms with Gasteiger partial charge in [-0.1, -0.05) is 91.0 Å². The van der Waals surface area contributed by atoms with Crippen LogP contribution >= 0.6 is 0 Å². The average Bonchev–Trinajstić information content (AvgIpc) is 3.46. The minimum Gasteiger partial charge on any atom is -0.274 e. The smallest absolute Gasteiger partial charge is 0.238 e. The van der Waals surface area contributed by atoms with Crippen LogP contribution in [0.5, 0.6) is 0 Å². The quantitative estimate of drug-likeness (QED) is 0.422. The van der Waals surface area contributed by atoms with E-state index in [0.717, 1.165) is 22.3 Å². The third-order valence-corrected chi connectivity index (χ3v) is 7.19. The van der Waals surface area contributed by atoms with Crippen LogP contribution in [0, 0.1) is 30.6 Å². The van der Waals surface area contributed by atoms with E-state index in [1.54, 1.807) is 0 Å². The summed E-state index contributed by atoms with van der Waals surface area (Å²) in [4.78, 5) is 28.7. The van der Waals surface area contributed by atoms with Crippen molar-refractivity contribution in [2.45, 2.75) is 6.92 Å². The van der Waals surface area contributed by atoms with E-state index in [0.29, 0.717) is 5.69 Å². The maximum atomic E-state index is 13.6. The van der Waals surface area contributed by atoms with Gasteiger partial charge in [0.25, 0.3) is 0 Å². The summed E-state index contributed by atoms with van der Waals surface area (Å²) < 4.78 is 0. The van der Waals surface area contributed by atoms with E-state index in [4.69, 9.17) is 0 Å². The standard InChI is InChI=1S/C29H23NO2/c1-18-10-8-9-15-23(18)30-28(31)26-21-16-17-22(27(26)29(30)32)25(21)24(19-11-4-2-5-12-19)20-13-6-3-7-14-20/h2-17,21-22,26-27H,1H3. The van der Waals surface area contributed by atoms with E-state index in [2.05, 4.69) is 36.4 Å². The highest BCUT2D eigenvalue weighted by Crippen LogP contribution is 2.59. The van der Waals surface area contributed by atoms with Crippen molar-refractivity contribution in [1.29, 1.82) is 0 Å². The van der Waals surface area contributed by atoms with Crippen molar-refractivity contribution in [3.8, 4) is 0 Å². The molecule has 0 radical (unpaired) electrons. The molecule has 3 nitrogen and oxygen atoms in total. The number of aryl methyl sites for hydroxylation is 1. The molecule has 3 aromatic carbocycles. The van der Waals surface area contributed by atoms with E-state index in [9.17, 15) is 9.59 Å². The van der Waals surface area contributed by atoms with Crippen molar-refractivity contribution in [3.05, 3.63) is 119 Å². The monoisotopic (exact) mass is 417 g/mol. The maximum absolute atomic E-state index is 13.6. The number of hydrogen-bond acceptors (Lipinski definition) is 2. The highest BCUT2D eigenvalue weighted by atomic mass is 16.2. The van der Waals surface area contributed by atoms with Crippen LogP contribution in [0.15, 0.2) is 103 Å². The summed E-state index contributed by atoms with van der Waals surface area (Å²) in [6.07, 6.45) is 4.30. The van der Waals surface area contributed by atoms with Crippen LogP contribution in [0.2, 0.25) is 0 Å². The first-order chi connectivity index (χ1) is 15.7. The highest BCUT2D eigenvalue weighted by molar-refractivity contribution is 6.23. The fourth-order valence-corrected chi connectivity index (χ4v) is 5.86. The largest absolute Gasteiger partial charge is 0.274 e. The molecule has 3 aromatic rings. The van der Waals surface area contributed by atoms with Crippen LogP contribution in [-0.2, 0) is 9.59 Å². The van der Waals surface area contributed by atoms with Crippen molar-refractivity contribution >= 4 is 23.1 Å². The molecule has 156 valence electrons. The molecule has 1 saturated heterocycles. The van der Waals surface area contributed by atoms with Crippen LogP contribution in [0.1, 0.15) is 16.7 Å². The lowest BCUT2D eigenvalue weighted by Gasteiger charge is -2.22. The molecular formula is C29H23NO2. The van der Waals surface area contributed by atoms with E-state index in [1.165, 1.54) is 10.5 Å². The number of anilines is 1. The van der Waals surface area contributed by atoms with Gasteiger partial charge in [0.05, 0.1) is 17.5 Å². The summed E-state index contributed by atoms with van der Waals surface area (Å²) in [6.45, 7) is 1.95. The highest BCUT2D eigenvalue weighted by Gasteiger charge is 2.62. The van der Waals surface area contributed by atoms with Crippen molar-refractivity contribution in [2.24, 2.45) is 23.7 Å². The second kappa shape index (κ2) is 7.16. The number of fused-ring (bicyclic) bond motifs is 5. The Hall–Kier alpha value is -3.72. The number of carbonyl (C=O) groups is 2. The van der Waals surface area contributed by atoms with Crippen LogP contribution in [0.3, 0.4) is 0 Å². The minimum atomic E-state index is -0.325. The zero-order valence-electron chi connectivity index (χ0n) is 17.8. The Morgan fingerprint density at radius 2 is 1.12 bits per heavy atom. The van der Waals surface area contributed by atoms with Gasteiger partial charge in [0.15, 0.2) is 0 Å². The molecule has 32 heavy (non-hydrogen) atoms. The Balaban J connectivity index is 1.50. The number of hydrogen-bond donors (Lipinski definition) is 0. The summed E-state index contributed by atoms with van der Waals surface area (Å²) in [5.41, 5.74) is 6.28. The normalized spacial score (nSPS) is 25.5. The van der Waals surface area contributed by atoms with Crippen molar-refractivity contribution < 1.29 is 9.59 Å². The minimum absolute atomic E-state index is 0.0501. The van der Waals surface area contributed by atoms with Crippen molar-refractivity contribution in [3.63, 3.8) is 0 Å². The third kappa shape index (κ3) is 2.61. The summed E-state index contributed by atoms with van der Waals surface area (Å²) >= 11 is 0. The second-order valence-corrected chi connectivity index (χ2v) is 8.85. The SMILES string of the molecule is Cc1ccccc1N1C(=O)C2C3C=CC(C3=C(c3ccccc3)c3ccccc3)C2C1=O. The van der Waals surface area contributed by atoms with Crippen LogP contribution in [0.25, 0.3) is 5.57 Å². The number of allylic oxidation sites excluding steroid dienone is 3. The molecule has 1 aliphatic heterocycles. The lowest BCUT2D eigenvalue weighted by atomic mass is 9.85. The molecule has 3 aliphatic rings. The molecule has 3 heteroatoms. The van der Waals surface area contributed by atoms with Gasteiger partial charge in [-0.2, -0.15) is 0 Å². The number of benzene rings is 3. The first kappa shape index (κ1) is 19.0. The van der Waals surface area contributed by atoms with Crippen LogP contribution in [0.4, 0.5) is 5.69 Å². The van der Waals surface area contributed by atoms with Gasteiger partial charge in [-0.25, -0.2) is 4.90 Å². The Kier molecular flexibility index (Phi) is 4.25. The topological polar surface area (TPSA) is 37.4 Å². The van der Waals surface area contributed by atoms with E-state index < -0.39 is 0 Å². The molecule has 1 heterocycles. The van der Waals surface area contributed by atoms with Gasteiger partial charge in [0, 0.05) is 11.8 Å². The zero-order valence-corrected chi connectivity index (χ0v) is 17.8. The van der Waals surface area contributed by atoms with Gasteiger partial charge >= 0.3 is 0 Å². The molecular weight excluding hydrogens is 394 g/mol. The van der Waals surface area contributed by atoms with Crippen molar-refractivity contribution in [2.75, 3.05) is 4.90 Å². The number of rotatable bonds is 3. The van der Waals surface area contributed by atoms with E-state index >= 15 is 0 Å². The van der Waals surface area contributed by atoms with Gasteiger partial charge in [-0.3, -0.25) is 9.59 Å². The molecule has 6 rings (SSSR count). The number of nitrogens with zero attached hydrogens (tertiary/aromatic N) is 1. The van der Waals surface area contributed by atoms with Crippen molar-refractivity contribution in [1.82, 2.24) is 0 Å². The average molecular weight is 418 g/mol. The first-order valence-corrected chi connectivity index (χ1v) is 11.1. The predicted octanol–water partition coefficient (Wildman–Crippen LogP) is 5.42. The predicted molar refractivity (Wildman–Crippen MR) is 126 cm³/mol. The third-order valence-electron chi connectivity index (χ3n) is 7.19. The van der Waals surface area contributed by atoms with E-state index in [1.807, 2.05) is 67.6 Å². The maximum Gasteiger partial charge on any atom is 0.238 e. The van der Waals surface area contributed by atoms with Gasteiger partial charge in [-0.15, -0.1) is 0 Å². The Labute approximate surface area is 187 Å². The first-order valence-electron chi connectivity index (χ1n) is 11.1. The Morgan fingerprint density at radius 3 is 1.62 bits per heavy atom. The lowest BCUT2D eigenvalue weighted by molar-refractivity contribution is -0.122. The lowest BCUT2D eigenvalue weighted by Crippen LogP contribution is -2.33. The molecule has 2 aliphatic carbocycles. The Morgan fingerprint density at radius 1 is 0.656 bits per heavy atom.